The van der Waals surface area contributed by atoms with Crippen molar-refractivity contribution in [1.82, 2.24) is 0 Å². The lowest BCUT2D eigenvalue weighted by Gasteiger charge is -2.13. The van der Waals surface area contributed by atoms with Gasteiger partial charge in [0.25, 0.3) is 11.7 Å². The molecule has 6 nitrogen and oxygen atoms in total. The summed E-state index contributed by atoms with van der Waals surface area (Å²) in [7, 11) is 0. The molecule has 0 aromatic carbocycles. The van der Waals surface area contributed by atoms with Gasteiger partial charge in [-0.2, -0.15) is 0 Å². The first-order valence-corrected chi connectivity index (χ1v) is 4.06. The van der Waals surface area contributed by atoms with E-state index in [1.54, 1.807) is 0 Å². The number of Topliss-reactive ketones (excluding diaryl/α,β-unsaturated/α-hetero) is 1. The summed E-state index contributed by atoms with van der Waals surface area (Å²) in [5.74, 6) is -2.64. The number of fused-ring (bicyclic) bond motifs is 2. The van der Waals surface area contributed by atoms with Crippen molar-refractivity contribution in [2.75, 3.05) is 0 Å². The van der Waals surface area contributed by atoms with Crippen molar-refractivity contribution in [2.24, 2.45) is 4.99 Å². The number of hydrogen-bond donors (Lipinski definition) is 0. The van der Waals surface area contributed by atoms with Crippen LogP contribution in [-0.4, -0.2) is 29.7 Å². The predicted molar refractivity (Wildman–Crippen MR) is 46.7 cm³/mol. The van der Waals surface area contributed by atoms with Gasteiger partial charge in [-0.15, -0.1) is 0 Å². The van der Waals surface area contributed by atoms with E-state index in [1.807, 2.05) is 0 Å². The van der Waals surface area contributed by atoms with Crippen LogP contribution in [0.4, 0.5) is 0 Å². The van der Waals surface area contributed by atoms with E-state index in [-0.39, 0.29) is 5.90 Å². The van der Waals surface area contributed by atoms with E-state index in [1.165, 1.54) is 12.3 Å². The second kappa shape index (κ2) is 3.49. The van der Waals surface area contributed by atoms with Gasteiger partial charge in [-0.3, -0.25) is 4.79 Å². The normalized spacial score (nSPS) is 26.8. The molecule has 0 saturated heterocycles. The summed E-state index contributed by atoms with van der Waals surface area (Å²) in [5.41, 5.74) is 0. The minimum Gasteiger partial charge on any atom is -0.446 e. The van der Waals surface area contributed by atoms with Crippen molar-refractivity contribution >= 4 is 23.6 Å². The topological polar surface area (TPSA) is 82.0 Å². The average Bonchev–Trinajstić information content (AvgIpc) is 2.24. The Hall–Kier alpha value is -2.24. The van der Waals surface area contributed by atoms with Crippen molar-refractivity contribution in [3.63, 3.8) is 0 Å². The average molecular weight is 207 g/mol. The molecule has 2 aliphatic rings. The minimum absolute atomic E-state index is 0.369. The third-order valence-electron chi connectivity index (χ3n) is 1.72. The van der Waals surface area contributed by atoms with E-state index in [0.717, 1.165) is 12.2 Å². The van der Waals surface area contributed by atoms with Crippen molar-refractivity contribution in [2.45, 2.75) is 6.10 Å². The van der Waals surface area contributed by atoms with Crippen LogP contribution in [0.25, 0.3) is 0 Å². The third-order valence-corrected chi connectivity index (χ3v) is 1.72. The Morgan fingerprint density at radius 3 is 2.67 bits per heavy atom. The summed E-state index contributed by atoms with van der Waals surface area (Å²) < 4.78 is 9.32. The number of aliphatic imine (C=N–C) groups is 1. The summed E-state index contributed by atoms with van der Waals surface area (Å²) in [4.78, 5) is 37.1. The SMILES string of the molecule is O=C1/C=C\C(=O)OC2C=CN=C(O1)C2=O. The highest BCUT2D eigenvalue weighted by molar-refractivity contribution is 6.41. The Morgan fingerprint density at radius 2 is 1.87 bits per heavy atom. The molecule has 0 aliphatic carbocycles. The van der Waals surface area contributed by atoms with E-state index in [4.69, 9.17) is 4.74 Å². The van der Waals surface area contributed by atoms with Gasteiger partial charge in [0.15, 0.2) is 6.10 Å². The summed E-state index contributed by atoms with van der Waals surface area (Å²) in [6, 6.07) is 0. The largest absolute Gasteiger partial charge is 0.446 e. The van der Waals surface area contributed by atoms with E-state index < -0.39 is 23.8 Å². The maximum absolute atomic E-state index is 11.5. The van der Waals surface area contributed by atoms with Gasteiger partial charge < -0.3 is 9.47 Å². The Balaban J connectivity index is 2.37. The molecule has 15 heavy (non-hydrogen) atoms. The Morgan fingerprint density at radius 1 is 1.13 bits per heavy atom. The number of hydrogen-bond acceptors (Lipinski definition) is 6. The van der Waals surface area contributed by atoms with Crippen LogP contribution in [0.15, 0.2) is 29.4 Å². The number of esters is 2. The first-order valence-electron chi connectivity index (χ1n) is 4.06. The van der Waals surface area contributed by atoms with Gasteiger partial charge in [0, 0.05) is 18.4 Å². The molecule has 0 saturated carbocycles. The van der Waals surface area contributed by atoms with Crippen molar-refractivity contribution in [3.05, 3.63) is 24.4 Å². The Labute approximate surface area is 83.9 Å². The molecular weight excluding hydrogens is 202 g/mol. The zero-order chi connectivity index (χ0) is 10.8. The summed E-state index contributed by atoms with van der Waals surface area (Å²) in [6.45, 7) is 0. The molecule has 0 radical (unpaired) electrons. The van der Waals surface area contributed by atoms with E-state index in [2.05, 4.69) is 9.73 Å². The second-order valence-corrected chi connectivity index (χ2v) is 2.75. The molecule has 2 heterocycles. The quantitative estimate of drug-likeness (QED) is 0.500. The first-order chi connectivity index (χ1) is 7.16. The number of ketones is 1. The summed E-state index contributed by atoms with van der Waals surface area (Å²) in [5, 5.41) is 0. The van der Waals surface area contributed by atoms with Crippen LogP contribution in [0.3, 0.4) is 0 Å². The monoisotopic (exact) mass is 207 g/mol. The van der Waals surface area contributed by atoms with Crippen LogP contribution < -0.4 is 0 Å². The van der Waals surface area contributed by atoms with Crippen molar-refractivity contribution in [1.29, 1.82) is 0 Å². The van der Waals surface area contributed by atoms with Gasteiger partial charge >= 0.3 is 11.9 Å². The molecular formula is C9H5NO5. The molecule has 0 N–H and O–H groups in total. The third kappa shape index (κ3) is 1.83. The molecule has 1 unspecified atom stereocenters. The number of carbonyl (C=O) groups is 3. The van der Waals surface area contributed by atoms with Gasteiger partial charge in [0.1, 0.15) is 0 Å². The van der Waals surface area contributed by atoms with E-state index in [9.17, 15) is 14.4 Å². The lowest BCUT2D eigenvalue weighted by atomic mass is 10.2. The molecule has 0 amide bonds. The molecule has 0 spiro atoms. The number of ether oxygens (including phenoxy) is 2. The summed E-state index contributed by atoms with van der Waals surface area (Å²) >= 11 is 0. The molecule has 2 bridgehead atoms. The highest BCUT2D eigenvalue weighted by Gasteiger charge is 2.30. The molecule has 2 rings (SSSR count). The lowest BCUT2D eigenvalue weighted by Crippen LogP contribution is -2.34. The molecule has 2 aliphatic heterocycles. The molecule has 0 aromatic rings. The van der Waals surface area contributed by atoms with Gasteiger partial charge in [-0.1, -0.05) is 0 Å². The predicted octanol–water partition coefficient (Wildman–Crippen LogP) is -0.494. The van der Waals surface area contributed by atoms with Crippen molar-refractivity contribution < 1.29 is 23.9 Å². The zero-order valence-electron chi connectivity index (χ0n) is 7.38. The highest BCUT2D eigenvalue weighted by atomic mass is 16.6. The fourth-order valence-corrected chi connectivity index (χ4v) is 1.06. The smallest absolute Gasteiger partial charge is 0.337 e. The van der Waals surface area contributed by atoms with Gasteiger partial charge in [0.2, 0.25) is 0 Å². The molecule has 6 heteroatoms. The van der Waals surface area contributed by atoms with Crippen LogP contribution in [-0.2, 0) is 23.9 Å². The fourth-order valence-electron chi connectivity index (χ4n) is 1.06. The number of nitrogens with zero attached hydrogens (tertiary/aromatic N) is 1. The fraction of sp³-hybridized carbons (Fsp3) is 0.111. The van der Waals surface area contributed by atoms with Gasteiger partial charge in [-0.25, -0.2) is 14.6 Å². The minimum atomic E-state index is -1.07. The Kier molecular flexibility index (Phi) is 2.17. The second-order valence-electron chi connectivity index (χ2n) is 2.75. The van der Waals surface area contributed by atoms with Crippen LogP contribution >= 0.6 is 0 Å². The zero-order valence-corrected chi connectivity index (χ0v) is 7.38. The summed E-state index contributed by atoms with van der Waals surface area (Å²) in [6.07, 6.45) is 3.24. The highest BCUT2D eigenvalue weighted by Crippen LogP contribution is 2.09. The number of rotatable bonds is 0. The molecule has 0 fully saturated rings. The standard InChI is InChI=1S/C9H5NO5/c11-6-1-2-7(12)15-9-8(13)5(14-6)3-4-10-9/h1-5H/b2-1-. The lowest BCUT2D eigenvalue weighted by molar-refractivity contribution is -0.145. The van der Waals surface area contributed by atoms with Crippen molar-refractivity contribution in [3.8, 4) is 0 Å². The van der Waals surface area contributed by atoms with E-state index >= 15 is 0 Å². The maximum atomic E-state index is 11.5. The van der Waals surface area contributed by atoms with Crippen LogP contribution in [0.2, 0.25) is 0 Å². The first kappa shape index (κ1) is 9.32. The van der Waals surface area contributed by atoms with Gasteiger partial charge in [-0.05, 0) is 6.08 Å². The molecule has 1 atom stereocenters. The van der Waals surface area contributed by atoms with Crippen LogP contribution in [0, 0.1) is 0 Å². The Bertz CT molecular complexity index is 432. The van der Waals surface area contributed by atoms with Crippen LogP contribution in [0.1, 0.15) is 0 Å². The van der Waals surface area contributed by atoms with E-state index in [0.29, 0.717) is 0 Å². The molecule has 0 aromatic heterocycles. The molecule has 76 valence electrons. The maximum Gasteiger partial charge on any atom is 0.337 e. The van der Waals surface area contributed by atoms with Crippen LogP contribution in [0.5, 0.6) is 0 Å². The van der Waals surface area contributed by atoms with Gasteiger partial charge in [0.05, 0.1) is 0 Å². The number of carbonyl (C=O) groups excluding carboxylic acids is 3.